The molecular formula is C15H23N3O2. The molecule has 1 aromatic rings. The molecule has 0 radical (unpaired) electrons. The zero-order chi connectivity index (χ0) is 14.5. The fourth-order valence-corrected chi connectivity index (χ4v) is 2.27. The van der Waals surface area contributed by atoms with Crippen LogP contribution in [0.3, 0.4) is 0 Å². The first-order valence-electron chi connectivity index (χ1n) is 6.99. The number of rotatable bonds is 5. The fraction of sp³-hybridized carbons (Fsp3) is 0.533. The summed E-state index contributed by atoms with van der Waals surface area (Å²) >= 11 is 0. The van der Waals surface area contributed by atoms with Crippen molar-refractivity contribution in [2.75, 3.05) is 52.7 Å². The van der Waals surface area contributed by atoms with Crippen LogP contribution in [0, 0.1) is 0 Å². The second-order valence-electron chi connectivity index (χ2n) is 5.34. The maximum Gasteiger partial charge on any atom is 0.257 e. The van der Waals surface area contributed by atoms with E-state index in [2.05, 4.69) is 10.2 Å². The van der Waals surface area contributed by atoms with Crippen LogP contribution in [0.2, 0.25) is 0 Å². The van der Waals surface area contributed by atoms with Crippen molar-refractivity contribution in [1.82, 2.24) is 9.80 Å². The fourth-order valence-electron chi connectivity index (χ4n) is 2.27. The highest BCUT2D eigenvalue weighted by Crippen LogP contribution is 2.31. The number of nitrogens with zero attached hydrogens (tertiary/aromatic N) is 2. The molecule has 0 atom stereocenters. The maximum atomic E-state index is 12.5. The van der Waals surface area contributed by atoms with E-state index in [4.69, 9.17) is 4.74 Å². The van der Waals surface area contributed by atoms with Gasteiger partial charge in [0.25, 0.3) is 5.91 Å². The molecule has 0 aliphatic carbocycles. The minimum absolute atomic E-state index is 0.0179. The van der Waals surface area contributed by atoms with E-state index in [0.29, 0.717) is 17.9 Å². The molecule has 5 nitrogen and oxygen atoms in total. The highest BCUT2D eigenvalue weighted by atomic mass is 16.5. The molecule has 1 aliphatic rings. The van der Waals surface area contributed by atoms with Crippen LogP contribution in [-0.2, 0) is 0 Å². The molecule has 1 aromatic carbocycles. The van der Waals surface area contributed by atoms with Gasteiger partial charge in [-0.25, -0.2) is 0 Å². The van der Waals surface area contributed by atoms with Crippen LogP contribution < -0.4 is 10.1 Å². The molecule has 1 heterocycles. The van der Waals surface area contributed by atoms with Crippen molar-refractivity contribution in [3.05, 3.63) is 23.8 Å². The van der Waals surface area contributed by atoms with Crippen molar-refractivity contribution < 1.29 is 9.53 Å². The molecule has 1 aliphatic heterocycles. The summed E-state index contributed by atoms with van der Waals surface area (Å²) < 4.78 is 5.65. The van der Waals surface area contributed by atoms with Gasteiger partial charge in [0.05, 0.1) is 11.3 Å². The Hall–Kier alpha value is -1.75. The molecule has 0 aromatic heterocycles. The predicted molar refractivity (Wildman–Crippen MR) is 80.6 cm³/mol. The third-order valence-electron chi connectivity index (χ3n) is 3.35. The van der Waals surface area contributed by atoms with Gasteiger partial charge in [-0.1, -0.05) is 6.07 Å². The number of carbonyl (C=O) groups is 1. The van der Waals surface area contributed by atoms with Crippen molar-refractivity contribution in [3.63, 3.8) is 0 Å². The highest BCUT2D eigenvalue weighted by Gasteiger charge is 2.21. The van der Waals surface area contributed by atoms with E-state index in [0.717, 1.165) is 31.7 Å². The second kappa shape index (κ2) is 6.61. The monoisotopic (exact) mass is 277 g/mol. The molecule has 110 valence electrons. The zero-order valence-electron chi connectivity index (χ0n) is 12.5. The second-order valence-corrected chi connectivity index (χ2v) is 5.34. The van der Waals surface area contributed by atoms with E-state index in [-0.39, 0.29) is 5.91 Å². The van der Waals surface area contributed by atoms with Gasteiger partial charge in [-0.3, -0.25) is 4.79 Å². The summed E-state index contributed by atoms with van der Waals surface area (Å²) in [6.45, 7) is 3.10. The molecule has 1 N–H and O–H groups in total. The number of nitrogens with one attached hydrogen (secondary N) is 1. The van der Waals surface area contributed by atoms with Crippen LogP contribution in [-0.4, -0.2) is 63.1 Å². The summed E-state index contributed by atoms with van der Waals surface area (Å²) in [5, 5.41) is 3.25. The van der Waals surface area contributed by atoms with Gasteiger partial charge >= 0.3 is 0 Å². The summed E-state index contributed by atoms with van der Waals surface area (Å²) in [6, 6.07) is 5.66. The quantitative estimate of drug-likeness (QED) is 0.886. The molecule has 0 unspecified atom stereocenters. The standard InChI is InChI=1S/C15H23N3O2/c1-17(2)9-5-10-18(3)15(19)12-6-4-7-13-14(12)20-11-8-16-13/h4,6-7,16H,5,8-11H2,1-3H3. The number of amides is 1. The summed E-state index contributed by atoms with van der Waals surface area (Å²) in [7, 11) is 5.91. The Morgan fingerprint density at radius 3 is 2.85 bits per heavy atom. The third-order valence-corrected chi connectivity index (χ3v) is 3.35. The van der Waals surface area contributed by atoms with Gasteiger partial charge in [0.15, 0.2) is 5.75 Å². The minimum atomic E-state index is 0.0179. The topological polar surface area (TPSA) is 44.8 Å². The first-order valence-corrected chi connectivity index (χ1v) is 6.99. The lowest BCUT2D eigenvalue weighted by atomic mass is 10.1. The Bertz CT molecular complexity index is 474. The van der Waals surface area contributed by atoms with E-state index < -0.39 is 0 Å². The first kappa shape index (κ1) is 14.7. The Kier molecular flexibility index (Phi) is 4.84. The third kappa shape index (κ3) is 3.42. The number of hydrogen-bond donors (Lipinski definition) is 1. The molecule has 1 amide bonds. The van der Waals surface area contributed by atoms with E-state index in [1.165, 1.54) is 0 Å². The molecule has 20 heavy (non-hydrogen) atoms. The molecule has 0 saturated heterocycles. The highest BCUT2D eigenvalue weighted by molar-refractivity contribution is 5.98. The van der Waals surface area contributed by atoms with Crippen LogP contribution in [0.25, 0.3) is 0 Å². The summed E-state index contributed by atoms with van der Waals surface area (Å²) in [5.41, 5.74) is 1.55. The predicted octanol–water partition coefficient (Wildman–Crippen LogP) is 1.51. The number of carbonyl (C=O) groups excluding carboxylic acids is 1. The Morgan fingerprint density at radius 1 is 1.30 bits per heavy atom. The smallest absolute Gasteiger partial charge is 0.257 e. The number of fused-ring (bicyclic) bond motifs is 1. The Balaban J connectivity index is 2.05. The molecule has 2 rings (SSSR count). The zero-order valence-corrected chi connectivity index (χ0v) is 12.5. The van der Waals surface area contributed by atoms with Crippen LogP contribution in [0.4, 0.5) is 5.69 Å². The summed E-state index contributed by atoms with van der Waals surface area (Å²) in [4.78, 5) is 16.4. The van der Waals surface area contributed by atoms with E-state index in [1.54, 1.807) is 4.90 Å². The largest absolute Gasteiger partial charge is 0.489 e. The first-order chi connectivity index (χ1) is 9.59. The van der Waals surface area contributed by atoms with Crippen LogP contribution in [0.1, 0.15) is 16.8 Å². The van der Waals surface area contributed by atoms with E-state index >= 15 is 0 Å². The van der Waals surface area contributed by atoms with E-state index in [1.807, 2.05) is 39.3 Å². The molecule has 0 fully saturated rings. The summed E-state index contributed by atoms with van der Waals surface area (Å²) in [6.07, 6.45) is 0.962. The number of hydrogen-bond acceptors (Lipinski definition) is 4. The van der Waals surface area contributed by atoms with Crippen molar-refractivity contribution >= 4 is 11.6 Å². The minimum Gasteiger partial charge on any atom is -0.489 e. The number of anilines is 1. The van der Waals surface area contributed by atoms with Gasteiger partial charge < -0.3 is 19.9 Å². The number of ether oxygens (including phenoxy) is 1. The van der Waals surface area contributed by atoms with Crippen LogP contribution in [0.15, 0.2) is 18.2 Å². The van der Waals surface area contributed by atoms with Crippen LogP contribution in [0.5, 0.6) is 5.75 Å². The van der Waals surface area contributed by atoms with Gasteiger partial charge in [0.2, 0.25) is 0 Å². The molecule has 5 heteroatoms. The molecule has 0 saturated carbocycles. The average Bonchev–Trinajstić information content (AvgIpc) is 2.45. The van der Waals surface area contributed by atoms with Gasteiger partial charge in [-0.05, 0) is 39.2 Å². The van der Waals surface area contributed by atoms with Gasteiger partial charge in [-0.15, -0.1) is 0 Å². The van der Waals surface area contributed by atoms with Crippen molar-refractivity contribution in [2.45, 2.75) is 6.42 Å². The van der Waals surface area contributed by atoms with Crippen molar-refractivity contribution in [1.29, 1.82) is 0 Å². The van der Waals surface area contributed by atoms with Gasteiger partial charge in [0.1, 0.15) is 6.61 Å². The molecule has 0 bridgehead atoms. The van der Waals surface area contributed by atoms with Gasteiger partial charge in [0, 0.05) is 20.1 Å². The number of para-hydroxylation sites is 1. The summed E-state index contributed by atoms with van der Waals surface area (Å²) in [5.74, 6) is 0.701. The van der Waals surface area contributed by atoms with E-state index in [9.17, 15) is 4.79 Å². The lowest BCUT2D eigenvalue weighted by Gasteiger charge is -2.24. The SMILES string of the molecule is CN(C)CCCN(C)C(=O)c1cccc2c1OCCN2. The lowest BCUT2D eigenvalue weighted by molar-refractivity contribution is 0.0786. The number of benzene rings is 1. The maximum absolute atomic E-state index is 12.5. The molecular weight excluding hydrogens is 254 g/mol. The Labute approximate surface area is 120 Å². The van der Waals surface area contributed by atoms with Crippen LogP contribution >= 0.6 is 0 Å². The van der Waals surface area contributed by atoms with Gasteiger partial charge in [-0.2, -0.15) is 0 Å². The van der Waals surface area contributed by atoms with Crippen molar-refractivity contribution in [3.8, 4) is 5.75 Å². The van der Waals surface area contributed by atoms with Crippen molar-refractivity contribution in [2.24, 2.45) is 0 Å². The molecule has 0 spiro atoms. The lowest BCUT2D eigenvalue weighted by Crippen LogP contribution is -2.31. The average molecular weight is 277 g/mol. The Morgan fingerprint density at radius 2 is 2.10 bits per heavy atom. The normalized spacial score (nSPS) is 13.4.